The molecule has 26 heavy (non-hydrogen) atoms. The Bertz CT molecular complexity index is 836. The molecule has 0 heterocycles. The quantitative estimate of drug-likeness (QED) is 0.381. The van der Waals surface area contributed by atoms with Gasteiger partial charge in [-0.2, -0.15) is 0 Å². The lowest BCUT2D eigenvalue weighted by molar-refractivity contribution is -0.384. The number of phenolic OH excluding ortho intramolecular Hbond substituents is 1. The van der Waals surface area contributed by atoms with E-state index < -0.39 is 4.92 Å². The van der Waals surface area contributed by atoms with Gasteiger partial charge < -0.3 is 5.11 Å². The van der Waals surface area contributed by atoms with E-state index in [4.69, 9.17) is 0 Å². The predicted octanol–water partition coefficient (Wildman–Crippen LogP) is 6.43. The van der Waals surface area contributed by atoms with Gasteiger partial charge in [-0.1, -0.05) is 52.8 Å². The summed E-state index contributed by atoms with van der Waals surface area (Å²) in [7, 11) is 0. The molecule has 0 amide bonds. The highest BCUT2D eigenvalue weighted by Crippen LogP contribution is 2.40. The topological polar surface area (TPSA) is 88.1 Å². The van der Waals surface area contributed by atoms with Gasteiger partial charge in [-0.15, -0.1) is 10.2 Å². The van der Waals surface area contributed by atoms with Crippen LogP contribution >= 0.6 is 0 Å². The van der Waals surface area contributed by atoms with Crippen molar-refractivity contribution in [2.24, 2.45) is 15.6 Å². The highest BCUT2D eigenvalue weighted by molar-refractivity contribution is 5.58. The lowest BCUT2D eigenvalue weighted by Gasteiger charge is -2.33. The zero-order valence-electron chi connectivity index (χ0n) is 15.9. The molecular formula is C20H25N3O3. The number of nitrogens with zero attached hydrogens (tertiary/aromatic N) is 3. The molecule has 1 N–H and O–H groups in total. The molecule has 0 saturated heterocycles. The van der Waals surface area contributed by atoms with Gasteiger partial charge in [0.1, 0.15) is 11.4 Å². The van der Waals surface area contributed by atoms with E-state index >= 15 is 0 Å². The van der Waals surface area contributed by atoms with Gasteiger partial charge in [0.2, 0.25) is 0 Å². The van der Waals surface area contributed by atoms with Crippen molar-refractivity contribution >= 4 is 17.1 Å². The summed E-state index contributed by atoms with van der Waals surface area (Å²) < 4.78 is 0. The molecule has 2 aromatic carbocycles. The zero-order valence-corrected chi connectivity index (χ0v) is 15.9. The third kappa shape index (κ3) is 4.88. The number of azo groups is 1. The third-order valence-corrected chi connectivity index (χ3v) is 4.07. The standard InChI is InChI=1S/C20H25N3O3/c1-19(2,3)13-20(4,5)14-10-11-18(24)16(12-14)22-21-15-8-6-7-9-17(15)23(25)26/h6-12,24H,13H2,1-5H3/b22-21+. The average molecular weight is 355 g/mol. The largest absolute Gasteiger partial charge is 0.506 e. The Morgan fingerprint density at radius 2 is 1.62 bits per heavy atom. The number of hydrogen-bond acceptors (Lipinski definition) is 5. The summed E-state index contributed by atoms with van der Waals surface area (Å²) in [6.45, 7) is 10.8. The molecule has 0 bridgehead atoms. The van der Waals surface area contributed by atoms with Crippen molar-refractivity contribution in [1.82, 2.24) is 0 Å². The highest BCUT2D eigenvalue weighted by Gasteiger charge is 2.27. The van der Waals surface area contributed by atoms with Crippen LogP contribution in [0.2, 0.25) is 0 Å². The van der Waals surface area contributed by atoms with Crippen LogP contribution in [0.3, 0.4) is 0 Å². The summed E-state index contributed by atoms with van der Waals surface area (Å²) in [5.41, 5.74) is 1.38. The molecule has 2 aromatic rings. The monoisotopic (exact) mass is 355 g/mol. The molecule has 0 aromatic heterocycles. The zero-order chi connectivity index (χ0) is 19.5. The van der Waals surface area contributed by atoms with Gasteiger partial charge in [0.15, 0.2) is 5.69 Å². The van der Waals surface area contributed by atoms with E-state index in [1.807, 2.05) is 6.07 Å². The van der Waals surface area contributed by atoms with Crippen LogP contribution in [0.25, 0.3) is 0 Å². The second-order valence-electron chi connectivity index (χ2n) is 8.27. The van der Waals surface area contributed by atoms with Crippen LogP contribution < -0.4 is 0 Å². The van der Waals surface area contributed by atoms with Crippen molar-refractivity contribution in [2.75, 3.05) is 0 Å². The minimum Gasteiger partial charge on any atom is -0.506 e. The Morgan fingerprint density at radius 1 is 1.00 bits per heavy atom. The SMILES string of the molecule is CC(C)(C)CC(C)(C)c1ccc(O)c(/N=N/c2ccccc2[N+](=O)[O-])c1. The maximum atomic E-state index is 11.1. The van der Waals surface area contributed by atoms with Crippen LogP contribution in [0.1, 0.15) is 46.6 Å². The summed E-state index contributed by atoms with van der Waals surface area (Å²) in [5, 5.41) is 29.2. The smallest absolute Gasteiger partial charge is 0.296 e. The molecular weight excluding hydrogens is 330 g/mol. The Labute approximate surface area is 153 Å². The van der Waals surface area contributed by atoms with E-state index in [1.54, 1.807) is 24.3 Å². The first-order valence-electron chi connectivity index (χ1n) is 8.48. The number of hydrogen-bond donors (Lipinski definition) is 1. The number of para-hydroxylation sites is 1. The molecule has 0 aliphatic heterocycles. The van der Waals surface area contributed by atoms with Crippen LogP contribution in [0.5, 0.6) is 5.75 Å². The molecule has 0 fully saturated rings. The highest BCUT2D eigenvalue weighted by atomic mass is 16.6. The fourth-order valence-electron chi connectivity index (χ4n) is 3.26. The fourth-order valence-corrected chi connectivity index (χ4v) is 3.26. The molecule has 6 heteroatoms. The van der Waals surface area contributed by atoms with Crippen molar-refractivity contribution < 1.29 is 10.0 Å². The molecule has 138 valence electrons. The van der Waals surface area contributed by atoms with Gasteiger partial charge >= 0.3 is 0 Å². The van der Waals surface area contributed by atoms with Crippen molar-refractivity contribution in [2.45, 2.75) is 46.5 Å². The van der Waals surface area contributed by atoms with E-state index in [0.717, 1.165) is 12.0 Å². The molecule has 0 aliphatic rings. The minimum atomic E-state index is -0.503. The number of nitro groups is 1. The summed E-state index contributed by atoms with van der Waals surface area (Å²) in [5.74, 6) is -0.0114. The average Bonchev–Trinajstić information content (AvgIpc) is 2.51. The molecule has 6 nitrogen and oxygen atoms in total. The summed E-state index contributed by atoms with van der Waals surface area (Å²) >= 11 is 0. The molecule has 0 saturated carbocycles. The maximum Gasteiger partial charge on any atom is 0.296 e. The number of rotatable bonds is 5. The number of aromatic hydroxyl groups is 1. The summed E-state index contributed by atoms with van der Waals surface area (Å²) in [6.07, 6.45) is 0.950. The van der Waals surface area contributed by atoms with Crippen molar-refractivity contribution in [1.29, 1.82) is 0 Å². The summed E-state index contributed by atoms with van der Waals surface area (Å²) in [6, 6.07) is 11.4. The van der Waals surface area contributed by atoms with E-state index in [0.29, 0.717) is 5.69 Å². The Morgan fingerprint density at radius 3 is 2.23 bits per heavy atom. The Balaban J connectivity index is 2.38. The minimum absolute atomic E-state index is 0.0114. The Hall–Kier alpha value is -2.76. The van der Waals surface area contributed by atoms with Gasteiger partial charge in [0, 0.05) is 6.07 Å². The summed E-state index contributed by atoms with van der Waals surface area (Å²) in [4.78, 5) is 10.6. The van der Waals surface area contributed by atoms with Gasteiger partial charge in [-0.25, -0.2) is 0 Å². The lowest BCUT2D eigenvalue weighted by Crippen LogP contribution is -2.24. The Kier molecular flexibility index (Phi) is 5.44. The second-order valence-corrected chi connectivity index (χ2v) is 8.27. The normalized spacial score (nSPS) is 12.5. The first kappa shape index (κ1) is 19.6. The van der Waals surface area contributed by atoms with Crippen LogP contribution in [0.4, 0.5) is 17.1 Å². The first-order chi connectivity index (χ1) is 12.0. The van der Waals surface area contributed by atoms with Gasteiger partial charge in [-0.05, 0) is 41.0 Å². The van der Waals surface area contributed by atoms with Crippen LogP contribution in [0.15, 0.2) is 52.7 Å². The van der Waals surface area contributed by atoms with E-state index in [9.17, 15) is 15.2 Å². The van der Waals surface area contributed by atoms with E-state index in [1.165, 1.54) is 12.1 Å². The first-order valence-corrected chi connectivity index (χ1v) is 8.48. The van der Waals surface area contributed by atoms with Crippen LogP contribution in [0, 0.1) is 15.5 Å². The van der Waals surface area contributed by atoms with Gasteiger partial charge in [0.05, 0.1) is 4.92 Å². The van der Waals surface area contributed by atoms with E-state index in [-0.39, 0.29) is 28.0 Å². The maximum absolute atomic E-state index is 11.1. The number of nitro benzene ring substituents is 1. The van der Waals surface area contributed by atoms with Crippen molar-refractivity contribution in [3.63, 3.8) is 0 Å². The molecule has 0 atom stereocenters. The molecule has 0 unspecified atom stereocenters. The number of phenols is 1. The van der Waals surface area contributed by atoms with Crippen molar-refractivity contribution in [3.05, 3.63) is 58.1 Å². The van der Waals surface area contributed by atoms with Crippen LogP contribution in [-0.4, -0.2) is 10.0 Å². The lowest BCUT2D eigenvalue weighted by atomic mass is 9.72. The van der Waals surface area contributed by atoms with Gasteiger partial charge in [-0.3, -0.25) is 10.1 Å². The fraction of sp³-hybridized carbons (Fsp3) is 0.400. The second kappa shape index (κ2) is 7.23. The molecule has 0 spiro atoms. The molecule has 2 rings (SSSR count). The third-order valence-electron chi connectivity index (χ3n) is 4.07. The van der Waals surface area contributed by atoms with E-state index in [2.05, 4.69) is 44.8 Å². The predicted molar refractivity (Wildman–Crippen MR) is 102 cm³/mol. The molecule has 0 radical (unpaired) electrons. The van der Waals surface area contributed by atoms with Gasteiger partial charge in [0.25, 0.3) is 5.69 Å². The van der Waals surface area contributed by atoms with Crippen molar-refractivity contribution in [3.8, 4) is 5.75 Å². The molecule has 0 aliphatic carbocycles. The number of benzene rings is 2. The van der Waals surface area contributed by atoms with Crippen LogP contribution in [-0.2, 0) is 5.41 Å².